The molecule has 15 heavy (non-hydrogen) atoms. The van der Waals surface area contributed by atoms with Gasteiger partial charge in [0, 0.05) is 5.92 Å². The highest BCUT2D eigenvalue weighted by Crippen LogP contribution is 2.26. The van der Waals surface area contributed by atoms with Gasteiger partial charge in [-0.25, -0.2) is 18.2 Å². The molecule has 0 amide bonds. The molecule has 0 saturated carbocycles. The second-order valence-electron chi connectivity index (χ2n) is 3.59. The lowest BCUT2D eigenvalue weighted by Gasteiger charge is -2.01. The number of carboxylic acids is 1. The number of carbonyl (C=O) groups is 1. The minimum atomic E-state index is -2.96. The number of hydrogen-bond donors (Lipinski definition) is 2. The Morgan fingerprint density at radius 1 is 1.60 bits per heavy atom. The van der Waals surface area contributed by atoms with Crippen LogP contribution in [0.5, 0.6) is 0 Å². The first kappa shape index (κ1) is 10.2. The van der Waals surface area contributed by atoms with Gasteiger partial charge in [0.25, 0.3) is 0 Å². The fraction of sp³-hybridized carbons (Fsp3) is 0.500. The van der Waals surface area contributed by atoms with Crippen LogP contribution in [0.2, 0.25) is 0 Å². The molecule has 0 radical (unpaired) electrons. The van der Waals surface area contributed by atoms with Gasteiger partial charge in [0.05, 0.1) is 17.7 Å². The van der Waals surface area contributed by atoms with Gasteiger partial charge in [0.2, 0.25) is 0 Å². The predicted octanol–water partition coefficient (Wildman–Crippen LogP) is 0.0100. The molecule has 1 fully saturated rings. The zero-order valence-corrected chi connectivity index (χ0v) is 8.62. The lowest BCUT2D eigenvalue weighted by molar-refractivity contribution is 0.0691. The van der Waals surface area contributed by atoms with Gasteiger partial charge in [-0.1, -0.05) is 0 Å². The average molecular weight is 230 g/mol. The van der Waals surface area contributed by atoms with Gasteiger partial charge in [-0.15, -0.1) is 0 Å². The van der Waals surface area contributed by atoms with Gasteiger partial charge in [-0.3, -0.25) is 0 Å². The molecule has 1 unspecified atom stereocenters. The van der Waals surface area contributed by atoms with Crippen LogP contribution < -0.4 is 0 Å². The molecule has 1 aliphatic heterocycles. The van der Waals surface area contributed by atoms with E-state index in [1.54, 1.807) is 0 Å². The molecule has 7 heteroatoms. The van der Waals surface area contributed by atoms with Gasteiger partial charge < -0.3 is 10.1 Å². The van der Waals surface area contributed by atoms with Gasteiger partial charge in [0.1, 0.15) is 11.5 Å². The normalized spacial score (nSPS) is 24.1. The third-order valence-corrected chi connectivity index (χ3v) is 4.21. The first-order valence-electron chi connectivity index (χ1n) is 4.46. The molecule has 0 aromatic carbocycles. The Kier molecular flexibility index (Phi) is 2.26. The van der Waals surface area contributed by atoms with Crippen LogP contribution >= 0.6 is 0 Å². The molecule has 0 bridgehead atoms. The number of sulfone groups is 1. The van der Waals surface area contributed by atoms with E-state index in [1.165, 1.54) is 6.20 Å². The van der Waals surface area contributed by atoms with Crippen molar-refractivity contribution in [3.8, 4) is 0 Å². The van der Waals surface area contributed by atoms with Crippen LogP contribution in [0.1, 0.15) is 28.7 Å². The predicted molar refractivity (Wildman–Crippen MR) is 51.6 cm³/mol. The molecule has 2 heterocycles. The van der Waals surface area contributed by atoms with Crippen molar-refractivity contribution in [3.05, 3.63) is 17.7 Å². The number of aromatic amines is 1. The number of carboxylic acid groups (broad SMARTS) is 1. The van der Waals surface area contributed by atoms with E-state index >= 15 is 0 Å². The van der Waals surface area contributed by atoms with Gasteiger partial charge in [-0.2, -0.15) is 0 Å². The van der Waals surface area contributed by atoms with Crippen LogP contribution in [0.3, 0.4) is 0 Å². The van der Waals surface area contributed by atoms with Gasteiger partial charge in [-0.05, 0) is 6.42 Å². The topological polar surface area (TPSA) is 100 Å². The summed E-state index contributed by atoms with van der Waals surface area (Å²) >= 11 is 0. The smallest absolute Gasteiger partial charge is 0.353 e. The second-order valence-corrected chi connectivity index (χ2v) is 5.82. The van der Waals surface area contributed by atoms with E-state index < -0.39 is 15.8 Å². The number of aromatic carboxylic acids is 1. The van der Waals surface area contributed by atoms with Crippen molar-refractivity contribution in [2.45, 2.75) is 12.3 Å². The zero-order chi connectivity index (χ0) is 11.1. The molecular formula is C8H10N2O4S. The Labute approximate surface area is 86.3 Å². The van der Waals surface area contributed by atoms with Gasteiger partial charge in [0.15, 0.2) is 9.84 Å². The molecule has 1 atom stereocenters. The van der Waals surface area contributed by atoms with E-state index in [2.05, 4.69) is 9.97 Å². The Bertz CT molecular complexity index is 490. The van der Waals surface area contributed by atoms with E-state index in [0.717, 1.165) is 0 Å². The molecule has 1 aliphatic rings. The zero-order valence-electron chi connectivity index (χ0n) is 7.80. The molecule has 1 aromatic heterocycles. The van der Waals surface area contributed by atoms with Crippen LogP contribution in [0.15, 0.2) is 6.20 Å². The SMILES string of the molecule is O=C(O)c1cnc(C2CCS(=O)(=O)C2)[nH]1. The molecule has 1 saturated heterocycles. The van der Waals surface area contributed by atoms with Crippen LogP contribution in [0.25, 0.3) is 0 Å². The van der Waals surface area contributed by atoms with Crippen molar-refractivity contribution < 1.29 is 18.3 Å². The number of rotatable bonds is 2. The number of hydrogen-bond acceptors (Lipinski definition) is 4. The lowest BCUT2D eigenvalue weighted by Crippen LogP contribution is -2.05. The first-order valence-corrected chi connectivity index (χ1v) is 6.29. The van der Waals surface area contributed by atoms with E-state index in [9.17, 15) is 13.2 Å². The summed E-state index contributed by atoms with van der Waals surface area (Å²) in [6.45, 7) is 0. The van der Waals surface area contributed by atoms with Crippen LogP contribution in [-0.4, -0.2) is 41.0 Å². The lowest BCUT2D eigenvalue weighted by atomic mass is 10.1. The molecule has 0 spiro atoms. The van der Waals surface area contributed by atoms with E-state index in [4.69, 9.17) is 5.11 Å². The Hall–Kier alpha value is -1.37. The molecular weight excluding hydrogens is 220 g/mol. The quantitative estimate of drug-likeness (QED) is 0.745. The van der Waals surface area contributed by atoms with Crippen molar-refractivity contribution in [2.24, 2.45) is 0 Å². The minimum absolute atomic E-state index is 0.00528. The highest BCUT2D eigenvalue weighted by atomic mass is 32.2. The third kappa shape index (κ3) is 2.01. The standard InChI is InChI=1S/C8H10N2O4S/c11-8(12)6-3-9-7(10-6)5-1-2-15(13,14)4-5/h3,5H,1-2,4H2,(H,9,10)(H,11,12). The molecule has 82 valence electrons. The van der Waals surface area contributed by atoms with Crippen molar-refractivity contribution in [3.63, 3.8) is 0 Å². The van der Waals surface area contributed by atoms with Gasteiger partial charge >= 0.3 is 5.97 Å². The first-order chi connectivity index (χ1) is 6.98. The van der Waals surface area contributed by atoms with Crippen LogP contribution in [0.4, 0.5) is 0 Å². The maximum absolute atomic E-state index is 11.2. The molecule has 2 rings (SSSR count). The van der Waals surface area contributed by atoms with E-state index in [-0.39, 0.29) is 23.1 Å². The second kappa shape index (κ2) is 3.34. The fourth-order valence-electron chi connectivity index (χ4n) is 1.66. The van der Waals surface area contributed by atoms with Crippen molar-refractivity contribution in [1.82, 2.24) is 9.97 Å². The fourth-order valence-corrected chi connectivity index (χ4v) is 3.41. The summed E-state index contributed by atoms with van der Waals surface area (Å²) in [4.78, 5) is 17.1. The number of aromatic nitrogens is 2. The summed E-state index contributed by atoms with van der Waals surface area (Å²) < 4.78 is 22.4. The van der Waals surface area contributed by atoms with Crippen LogP contribution in [0, 0.1) is 0 Å². The summed E-state index contributed by atoms with van der Waals surface area (Å²) in [5, 5.41) is 8.65. The Morgan fingerprint density at radius 3 is 2.80 bits per heavy atom. The van der Waals surface area contributed by atoms with E-state index in [1.807, 2.05) is 0 Å². The molecule has 1 aromatic rings. The maximum Gasteiger partial charge on any atom is 0.353 e. The summed E-state index contributed by atoms with van der Waals surface area (Å²) in [6, 6.07) is 0. The summed E-state index contributed by atoms with van der Waals surface area (Å²) in [6.07, 6.45) is 1.72. The monoisotopic (exact) mass is 230 g/mol. The maximum atomic E-state index is 11.2. The summed E-state index contributed by atoms with van der Waals surface area (Å²) in [5.41, 5.74) is -0.00528. The largest absolute Gasteiger partial charge is 0.477 e. The number of nitrogens with zero attached hydrogens (tertiary/aromatic N) is 1. The van der Waals surface area contributed by atoms with Crippen molar-refractivity contribution in [1.29, 1.82) is 0 Å². The summed E-state index contributed by atoms with van der Waals surface area (Å²) in [7, 11) is -2.96. The van der Waals surface area contributed by atoms with Crippen LogP contribution in [-0.2, 0) is 9.84 Å². The number of H-pyrrole nitrogens is 1. The highest BCUT2D eigenvalue weighted by Gasteiger charge is 2.31. The third-order valence-electron chi connectivity index (χ3n) is 2.45. The van der Waals surface area contributed by atoms with E-state index in [0.29, 0.717) is 12.2 Å². The molecule has 2 N–H and O–H groups in total. The van der Waals surface area contributed by atoms with Crippen molar-refractivity contribution >= 4 is 15.8 Å². The number of nitrogens with one attached hydrogen (secondary N) is 1. The minimum Gasteiger partial charge on any atom is -0.477 e. The highest BCUT2D eigenvalue weighted by molar-refractivity contribution is 7.91. The Morgan fingerprint density at radius 2 is 2.33 bits per heavy atom. The van der Waals surface area contributed by atoms with Crippen molar-refractivity contribution in [2.75, 3.05) is 11.5 Å². The molecule has 6 nitrogen and oxygen atoms in total. The Balaban J connectivity index is 2.21. The summed E-state index contributed by atoms with van der Waals surface area (Å²) in [5.74, 6) is -0.619. The average Bonchev–Trinajstić information content (AvgIpc) is 2.70. The number of imidazole rings is 1. The molecule has 0 aliphatic carbocycles.